The largest absolute Gasteiger partial charge is 0.465 e. The Morgan fingerprint density at radius 1 is 1.24 bits per heavy atom. The summed E-state index contributed by atoms with van der Waals surface area (Å²) < 4.78 is 10.5. The van der Waals surface area contributed by atoms with Crippen LogP contribution in [0.15, 0.2) is 47.6 Å². The van der Waals surface area contributed by atoms with Crippen LogP contribution in [0.3, 0.4) is 0 Å². The lowest BCUT2D eigenvalue weighted by atomic mass is 10.1. The van der Waals surface area contributed by atoms with E-state index in [0.29, 0.717) is 5.56 Å². The molecule has 1 aromatic heterocycles. The molecule has 0 saturated heterocycles. The number of ether oxygens (including phenoxy) is 2. The van der Waals surface area contributed by atoms with Gasteiger partial charge in [-0.1, -0.05) is 41.9 Å². The smallest absolute Gasteiger partial charge is 0.434 e. The summed E-state index contributed by atoms with van der Waals surface area (Å²) in [6.45, 7) is 0.0583. The fourth-order valence-electron chi connectivity index (χ4n) is 1.91. The Bertz CT molecular complexity index is 776. The molecule has 0 atom stereocenters. The number of halogens is 2. The van der Waals surface area contributed by atoms with Crippen molar-refractivity contribution >= 4 is 52.0 Å². The summed E-state index contributed by atoms with van der Waals surface area (Å²) in [6, 6.07) is 10.9. The molecule has 0 saturated carbocycles. The summed E-state index contributed by atoms with van der Waals surface area (Å²) in [5.74, 6) is -0.729. The minimum atomic E-state index is -0.876. The number of aliphatic imine (C=N–C) groups is 1. The van der Waals surface area contributed by atoms with E-state index in [9.17, 15) is 9.59 Å². The third-order valence-corrected chi connectivity index (χ3v) is 4.48. The Morgan fingerprint density at radius 3 is 2.60 bits per heavy atom. The summed E-state index contributed by atoms with van der Waals surface area (Å²) in [6.07, 6.45) is 0.689. The van der Waals surface area contributed by atoms with Gasteiger partial charge in [0.25, 0.3) is 0 Å². The molecule has 8 heteroatoms. The van der Waals surface area contributed by atoms with Gasteiger partial charge < -0.3 is 9.47 Å². The summed E-state index contributed by atoms with van der Waals surface area (Å²) in [7, 11) is 1.21. The Labute approximate surface area is 163 Å². The van der Waals surface area contributed by atoms with Gasteiger partial charge in [-0.15, -0.1) is 0 Å². The average molecular weight is 473 g/mol. The lowest BCUT2D eigenvalue weighted by Crippen LogP contribution is -2.21. The number of carbonyl (C=O) groups excluding carboxylic acids is 2. The highest BCUT2D eigenvalue weighted by Gasteiger charge is 2.19. The molecule has 0 radical (unpaired) electrons. The molecule has 0 aliphatic rings. The predicted octanol–water partition coefficient (Wildman–Crippen LogP) is 3.83. The lowest BCUT2D eigenvalue weighted by molar-refractivity contribution is -0.132. The van der Waals surface area contributed by atoms with E-state index in [1.807, 2.05) is 30.3 Å². The molecule has 0 spiro atoms. The van der Waals surface area contributed by atoms with Crippen LogP contribution in [0.5, 0.6) is 0 Å². The van der Waals surface area contributed by atoms with Gasteiger partial charge in [-0.05, 0) is 34.2 Å². The summed E-state index contributed by atoms with van der Waals surface area (Å²) in [5, 5.41) is 0.237. The zero-order valence-corrected chi connectivity index (χ0v) is 16.2. The van der Waals surface area contributed by atoms with E-state index >= 15 is 0 Å². The number of hydrogen-bond acceptors (Lipinski definition) is 5. The van der Waals surface area contributed by atoms with Gasteiger partial charge in [-0.3, -0.25) is 0 Å². The molecule has 1 amide bonds. The first-order chi connectivity index (χ1) is 12.0. The van der Waals surface area contributed by atoms with Gasteiger partial charge in [-0.25, -0.2) is 14.6 Å². The minimum absolute atomic E-state index is 0.0120. The second kappa shape index (κ2) is 9.47. The monoisotopic (exact) mass is 472 g/mol. The maximum atomic E-state index is 11.9. The molecule has 0 unspecified atom stereocenters. The third kappa shape index (κ3) is 5.79. The number of benzene rings is 1. The summed E-state index contributed by atoms with van der Waals surface area (Å²) >= 11 is 8.13. The number of nitrogens with zero attached hydrogens (tertiary/aromatic N) is 2. The molecular formula is C17H14ClIN2O4. The Morgan fingerprint density at radius 2 is 1.96 bits per heavy atom. The van der Waals surface area contributed by atoms with Crippen LogP contribution in [0, 0.1) is 3.57 Å². The van der Waals surface area contributed by atoms with Crippen molar-refractivity contribution in [1.29, 1.82) is 0 Å². The second-order valence-electron chi connectivity index (χ2n) is 4.83. The number of aromatic nitrogens is 1. The molecule has 0 fully saturated rings. The standard InChI is InChI=1S/C17H14ClIN2O4/c1-24-16(22)14(9-12-13(19)7-8-20-15(12)18)21-17(23)25-10-11-5-3-2-4-6-11/h2-8H,9-10H2,1H3. The van der Waals surface area contributed by atoms with Crippen molar-refractivity contribution in [3.8, 4) is 0 Å². The Hall–Kier alpha value is -2.00. The Kier molecular flexibility index (Phi) is 7.32. The maximum absolute atomic E-state index is 11.9. The van der Waals surface area contributed by atoms with E-state index in [0.717, 1.165) is 9.13 Å². The van der Waals surface area contributed by atoms with Crippen LogP contribution in [0.1, 0.15) is 11.1 Å². The van der Waals surface area contributed by atoms with Gasteiger partial charge in [0.05, 0.1) is 7.11 Å². The van der Waals surface area contributed by atoms with Gasteiger partial charge in [0.15, 0.2) is 0 Å². The molecule has 0 N–H and O–H groups in total. The van der Waals surface area contributed by atoms with Crippen molar-refractivity contribution < 1.29 is 19.1 Å². The molecule has 1 heterocycles. The van der Waals surface area contributed by atoms with Crippen molar-refractivity contribution in [2.75, 3.05) is 7.11 Å². The van der Waals surface area contributed by atoms with Gasteiger partial charge >= 0.3 is 12.1 Å². The molecule has 0 aliphatic heterocycles. The number of hydrogen-bond donors (Lipinski definition) is 0. The third-order valence-electron chi connectivity index (χ3n) is 3.14. The van der Waals surface area contributed by atoms with Crippen molar-refractivity contribution in [3.63, 3.8) is 0 Å². The second-order valence-corrected chi connectivity index (χ2v) is 6.35. The van der Waals surface area contributed by atoms with Gasteiger partial charge in [0.2, 0.25) is 0 Å². The zero-order chi connectivity index (χ0) is 18.2. The van der Waals surface area contributed by atoms with Crippen molar-refractivity contribution in [1.82, 2.24) is 4.98 Å². The first-order valence-corrected chi connectivity index (χ1v) is 8.62. The summed E-state index contributed by atoms with van der Waals surface area (Å²) in [4.78, 5) is 31.6. The van der Waals surface area contributed by atoms with Crippen LogP contribution in [-0.4, -0.2) is 29.9 Å². The highest BCUT2D eigenvalue weighted by atomic mass is 127. The number of rotatable bonds is 5. The van der Waals surface area contributed by atoms with E-state index in [-0.39, 0.29) is 23.9 Å². The SMILES string of the molecule is COC(=O)C(Cc1c(I)ccnc1Cl)=NC(=O)OCc1ccccc1. The molecule has 2 rings (SSSR count). The van der Waals surface area contributed by atoms with Crippen LogP contribution in [0.4, 0.5) is 4.79 Å². The first kappa shape index (κ1) is 19.3. The number of pyridine rings is 1. The van der Waals surface area contributed by atoms with E-state index in [2.05, 4.69) is 37.3 Å². The highest BCUT2D eigenvalue weighted by molar-refractivity contribution is 14.1. The van der Waals surface area contributed by atoms with Crippen LogP contribution >= 0.6 is 34.2 Å². The first-order valence-electron chi connectivity index (χ1n) is 7.16. The molecular weight excluding hydrogens is 459 g/mol. The van der Waals surface area contributed by atoms with Crippen LogP contribution in [-0.2, 0) is 27.3 Å². The van der Waals surface area contributed by atoms with Gasteiger partial charge in [0.1, 0.15) is 17.5 Å². The van der Waals surface area contributed by atoms with Crippen molar-refractivity contribution in [3.05, 3.63) is 62.4 Å². The molecule has 25 heavy (non-hydrogen) atoms. The van der Waals surface area contributed by atoms with E-state index in [1.54, 1.807) is 12.3 Å². The molecule has 0 bridgehead atoms. The molecule has 2 aromatic rings. The molecule has 6 nitrogen and oxygen atoms in total. The topological polar surface area (TPSA) is 77.9 Å². The van der Waals surface area contributed by atoms with E-state index in [4.69, 9.17) is 16.3 Å². The molecule has 0 aliphatic carbocycles. The van der Waals surface area contributed by atoms with Crippen molar-refractivity contribution in [2.24, 2.45) is 4.99 Å². The molecule has 130 valence electrons. The van der Waals surface area contributed by atoms with Crippen LogP contribution < -0.4 is 0 Å². The van der Waals surface area contributed by atoms with Crippen molar-refractivity contribution in [2.45, 2.75) is 13.0 Å². The maximum Gasteiger partial charge on any atom is 0.434 e. The van der Waals surface area contributed by atoms with E-state index in [1.165, 1.54) is 7.11 Å². The normalized spacial score (nSPS) is 11.1. The van der Waals surface area contributed by atoms with Gasteiger partial charge in [0, 0.05) is 21.8 Å². The van der Waals surface area contributed by atoms with Crippen LogP contribution in [0.2, 0.25) is 5.15 Å². The minimum Gasteiger partial charge on any atom is -0.465 e. The number of carbonyl (C=O) groups is 2. The number of amides is 1. The fourth-order valence-corrected chi connectivity index (χ4v) is 2.90. The molecule has 1 aromatic carbocycles. The predicted molar refractivity (Wildman–Crippen MR) is 102 cm³/mol. The van der Waals surface area contributed by atoms with Crippen LogP contribution in [0.25, 0.3) is 0 Å². The zero-order valence-electron chi connectivity index (χ0n) is 13.2. The van der Waals surface area contributed by atoms with E-state index < -0.39 is 12.1 Å². The number of methoxy groups -OCH3 is 1. The quantitative estimate of drug-likeness (QED) is 0.286. The number of esters is 1. The lowest BCUT2D eigenvalue weighted by Gasteiger charge is -2.08. The average Bonchev–Trinajstić information content (AvgIpc) is 2.62. The summed E-state index contributed by atoms with van der Waals surface area (Å²) in [5.41, 5.74) is 1.30. The Balaban J connectivity index is 2.14. The fraction of sp³-hybridized carbons (Fsp3) is 0.176. The van der Waals surface area contributed by atoms with Gasteiger partial charge in [-0.2, -0.15) is 4.99 Å². The highest BCUT2D eigenvalue weighted by Crippen LogP contribution is 2.20.